The van der Waals surface area contributed by atoms with Gasteiger partial charge >= 0.3 is 0 Å². The lowest BCUT2D eigenvalue weighted by Gasteiger charge is -2.32. The van der Waals surface area contributed by atoms with E-state index in [0.29, 0.717) is 6.54 Å². The Hall–Kier alpha value is -1.61. The number of rotatable bonds is 11. The molecule has 0 fully saturated rings. The van der Waals surface area contributed by atoms with Crippen LogP contribution in [0.3, 0.4) is 0 Å². The average molecular weight is 513 g/mol. The van der Waals surface area contributed by atoms with Crippen molar-refractivity contribution in [2.45, 2.75) is 53.1 Å². The Bertz CT molecular complexity index is 714. The van der Waals surface area contributed by atoms with Crippen molar-refractivity contribution in [2.75, 3.05) is 19.7 Å². The molecule has 2 aromatic rings. The van der Waals surface area contributed by atoms with Crippen LogP contribution in [-0.4, -0.2) is 40.5 Å². The summed E-state index contributed by atoms with van der Waals surface area (Å²) >= 11 is 0. The molecule has 2 rings (SSSR count). The van der Waals surface area contributed by atoms with Gasteiger partial charge in [0.05, 0.1) is 13.1 Å². The first-order valence-corrected chi connectivity index (χ1v) is 10.3. The Morgan fingerprint density at radius 2 is 1.90 bits per heavy atom. The summed E-state index contributed by atoms with van der Waals surface area (Å²) in [4.78, 5) is 4.76. The SMILES string of the molecule is CCNC(=NCc1cccc(Cn2cccn2)c1)NCC(CC)(CC)CCO.I. The van der Waals surface area contributed by atoms with Crippen LogP contribution in [0.25, 0.3) is 0 Å². The van der Waals surface area contributed by atoms with Gasteiger partial charge in [0.25, 0.3) is 0 Å². The zero-order valence-electron chi connectivity index (χ0n) is 17.9. The largest absolute Gasteiger partial charge is 0.396 e. The van der Waals surface area contributed by atoms with Crippen molar-refractivity contribution in [1.29, 1.82) is 0 Å². The first kappa shape index (κ1) is 25.4. The second-order valence-corrected chi connectivity index (χ2v) is 7.25. The summed E-state index contributed by atoms with van der Waals surface area (Å²) in [5, 5.41) is 20.5. The molecule has 6 nitrogen and oxygen atoms in total. The molecule has 0 spiro atoms. The Balaban J connectivity index is 0.00000420. The predicted molar refractivity (Wildman–Crippen MR) is 131 cm³/mol. The van der Waals surface area contributed by atoms with Crippen molar-refractivity contribution >= 4 is 29.9 Å². The summed E-state index contributed by atoms with van der Waals surface area (Å²) in [5.41, 5.74) is 2.50. The molecule has 0 aliphatic heterocycles. The third kappa shape index (κ3) is 8.34. The topological polar surface area (TPSA) is 74.5 Å². The van der Waals surface area contributed by atoms with Gasteiger partial charge in [-0.05, 0) is 48.8 Å². The lowest BCUT2D eigenvalue weighted by molar-refractivity contribution is 0.169. The van der Waals surface area contributed by atoms with Crippen LogP contribution in [0.4, 0.5) is 0 Å². The van der Waals surface area contributed by atoms with Gasteiger partial charge in [0.2, 0.25) is 0 Å². The quantitative estimate of drug-likeness (QED) is 0.243. The van der Waals surface area contributed by atoms with Crippen molar-refractivity contribution < 1.29 is 5.11 Å². The highest BCUT2D eigenvalue weighted by Crippen LogP contribution is 2.29. The van der Waals surface area contributed by atoms with Gasteiger partial charge < -0.3 is 15.7 Å². The fourth-order valence-corrected chi connectivity index (χ4v) is 3.37. The molecular weight excluding hydrogens is 477 g/mol. The molecule has 1 aromatic heterocycles. The first-order valence-electron chi connectivity index (χ1n) is 10.3. The minimum Gasteiger partial charge on any atom is -0.396 e. The van der Waals surface area contributed by atoms with E-state index in [9.17, 15) is 5.11 Å². The van der Waals surface area contributed by atoms with Crippen molar-refractivity contribution in [3.63, 3.8) is 0 Å². The lowest BCUT2D eigenvalue weighted by Crippen LogP contribution is -2.43. The highest BCUT2D eigenvalue weighted by Gasteiger charge is 2.25. The Kier molecular flexibility index (Phi) is 11.9. The number of aliphatic imine (C=N–C) groups is 1. The number of hydrogen-bond donors (Lipinski definition) is 3. The van der Waals surface area contributed by atoms with E-state index in [1.165, 1.54) is 11.1 Å². The van der Waals surface area contributed by atoms with E-state index >= 15 is 0 Å². The minimum absolute atomic E-state index is 0. The van der Waals surface area contributed by atoms with E-state index < -0.39 is 0 Å². The van der Waals surface area contributed by atoms with Gasteiger partial charge in [-0.1, -0.05) is 38.1 Å². The third-order valence-electron chi connectivity index (χ3n) is 5.43. The number of aromatic nitrogens is 2. The molecule has 3 N–H and O–H groups in total. The number of halogens is 1. The summed E-state index contributed by atoms with van der Waals surface area (Å²) < 4.78 is 1.92. The maximum absolute atomic E-state index is 9.42. The molecule has 1 heterocycles. The van der Waals surface area contributed by atoms with E-state index in [1.807, 2.05) is 16.9 Å². The molecule has 0 radical (unpaired) electrons. The highest BCUT2D eigenvalue weighted by atomic mass is 127. The lowest BCUT2D eigenvalue weighted by atomic mass is 9.79. The van der Waals surface area contributed by atoms with Gasteiger partial charge in [0.15, 0.2) is 5.96 Å². The van der Waals surface area contributed by atoms with E-state index in [0.717, 1.165) is 44.9 Å². The molecule has 0 saturated carbocycles. The number of nitrogens with one attached hydrogen (secondary N) is 2. The van der Waals surface area contributed by atoms with Crippen LogP contribution in [0, 0.1) is 5.41 Å². The molecule has 0 unspecified atom stereocenters. The molecule has 0 bridgehead atoms. The third-order valence-corrected chi connectivity index (χ3v) is 5.43. The van der Waals surface area contributed by atoms with Gasteiger partial charge in [-0.15, -0.1) is 24.0 Å². The number of aliphatic hydroxyl groups excluding tert-OH is 1. The molecule has 0 aliphatic rings. The fraction of sp³-hybridized carbons (Fsp3) is 0.545. The van der Waals surface area contributed by atoms with Gasteiger partial charge in [-0.3, -0.25) is 4.68 Å². The van der Waals surface area contributed by atoms with Crippen molar-refractivity contribution in [3.8, 4) is 0 Å². The van der Waals surface area contributed by atoms with Crippen LogP contribution in [-0.2, 0) is 13.1 Å². The van der Waals surface area contributed by atoms with Crippen LogP contribution in [0.2, 0.25) is 0 Å². The summed E-state index contributed by atoms with van der Waals surface area (Å²) in [6, 6.07) is 10.4. The number of nitrogens with zero attached hydrogens (tertiary/aromatic N) is 3. The van der Waals surface area contributed by atoms with Crippen LogP contribution < -0.4 is 10.6 Å². The zero-order valence-corrected chi connectivity index (χ0v) is 20.2. The van der Waals surface area contributed by atoms with Crippen LogP contribution >= 0.6 is 24.0 Å². The van der Waals surface area contributed by atoms with Gasteiger partial charge in [-0.25, -0.2) is 4.99 Å². The minimum atomic E-state index is 0. The smallest absolute Gasteiger partial charge is 0.191 e. The average Bonchev–Trinajstić information content (AvgIpc) is 3.22. The van der Waals surface area contributed by atoms with Gasteiger partial charge in [-0.2, -0.15) is 5.10 Å². The normalized spacial score (nSPS) is 11.8. The number of hydrogen-bond acceptors (Lipinski definition) is 3. The standard InChI is InChI=1S/C22H35N5O.HI/c1-4-22(5-2,11-14-28)18-25-21(23-6-3)24-16-19-9-7-10-20(15-19)17-27-13-8-12-26-27;/h7-10,12-13,15,28H,4-6,11,14,16-18H2,1-3H3,(H2,23,24,25);1H. The number of aliphatic hydroxyl groups is 1. The van der Waals surface area contributed by atoms with E-state index in [4.69, 9.17) is 4.99 Å². The predicted octanol–water partition coefficient (Wildman–Crippen LogP) is 3.79. The van der Waals surface area contributed by atoms with E-state index in [2.05, 4.69) is 60.8 Å². The highest BCUT2D eigenvalue weighted by molar-refractivity contribution is 14.0. The number of benzene rings is 1. The zero-order chi connectivity index (χ0) is 20.2. The molecule has 0 atom stereocenters. The molecule has 7 heteroatoms. The van der Waals surface area contributed by atoms with Crippen LogP contribution in [0.5, 0.6) is 0 Å². The molecule has 0 saturated heterocycles. The number of guanidine groups is 1. The molecular formula is C22H36IN5O. The molecule has 0 amide bonds. The summed E-state index contributed by atoms with van der Waals surface area (Å²) in [7, 11) is 0. The van der Waals surface area contributed by atoms with Crippen molar-refractivity contribution in [3.05, 3.63) is 53.9 Å². The molecule has 0 aliphatic carbocycles. The summed E-state index contributed by atoms with van der Waals surface area (Å²) in [6.45, 7) is 9.68. The molecule has 1 aromatic carbocycles. The maximum atomic E-state index is 9.42. The van der Waals surface area contributed by atoms with Crippen molar-refractivity contribution in [2.24, 2.45) is 10.4 Å². The van der Waals surface area contributed by atoms with Gasteiger partial charge in [0, 0.05) is 32.1 Å². The second kappa shape index (κ2) is 13.6. The monoisotopic (exact) mass is 513 g/mol. The van der Waals surface area contributed by atoms with E-state index in [-0.39, 0.29) is 36.0 Å². The Morgan fingerprint density at radius 1 is 1.14 bits per heavy atom. The first-order chi connectivity index (χ1) is 13.6. The fourth-order valence-electron chi connectivity index (χ4n) is 3.37. The summed E-state index contributed by atoms with van der Waals surface area (Å²) in [6.07, 6.45) is 6.64. The Morgan fingerprint density at radius 3 is 2.52 bits per heavy atom. The summed E-state index contributed by atoms with van der Waals surface area (Å²) in [5.74, 6) is 0.823. The van der Waals surface area contributed by atoms with Crippen LogP contribution in [0.15, 0.2) is 47.7 Å². The van der Waals surface area contributed by atoms with Gasteiger partial charge in [0.1, 0.15) is 0 Å². The van der Waals surface area contributed by atoms with E-state index in [1.54, 1.807) is 6.20 Å². The molecule has 29 heavy (non-hydrogen) atoms. The second-order valence-electron chi connectivity index (χ2n) is 7.25. The molecule has 162 valence electrons. The van der Waals surface area contributed by atoms with Crippen molar-refractivity contribution in [1.82, 2.24) is 20.4 Å². The maximum Gasteiger partial charge on any atom is 0.191 e. The van der Waals surface area contributed by atoms with Crippen LogP contribution in [0.1, 0.15) is 51.2 Å². The Labute approximate surface area is 192 Å².